The van der Waals surface area contributed by atoms with Crippen LogP contribution in [0.1, 0.15) is 12.6 Å². The highest BCUT2D eigenvalue weighted by Gasteiger charge is 2.76. The molecular formula is C11H11ClF7N3O. The van der Waals surface area contributed by atoms with Gasteiger partial charge in [-0.3, -0.25) is 9.48 Å². The molecule has 0 aliphatic rings. The maximum Gasteiger partial charge on any atom is 0.460 e. The molecular weight excluding hydrogens is 359 g/mol. The number of carbonyl (C=O) groups excluding carboxylic acids is 1. The van der Waals surface area contributed by atoms with Gasteiger partial charge in [-0.25, -0.2) is 0 Å². The number of aryl methyl sites for hydroxylation is 1. The zero-order valence-electron chi connectivity index (χ0n) is 11.8. The van der Waals surface area contributed by atoms with E-state index in [1.54, 1.807) is 6.92 Å². The predicted octanol–water partition coefficient (Wildman–Crippen LogP) is 3.35. The molecule has 0 spiro atoms. The van der Waals surface area contributed by atoms with E-state index in [1.165, 1.54) is 10.9 Å². The van der Waals surface area contributed by atoms with Crippen LogP contribution in [0.2, 0.25) is 5.02 Å². The summed E-state index contributed by atoms with van der Waals surface area (Å²) >= 11 is 5.71. The summed E-state index contributed by atoms with van der Waals surface area (Å²) in [5, 5.41) is 3.74. The van der Waals surface area contributed by atoms with Gasteiger partial charge in [-0.05, 0) is 6.92 Å². The second-order valence-electron chi connectivity index (χ2n) is 4.59. The fraction of sp³-hybridized carbons (Fsp3) is 0.636. The highest BCUT2D eigenvalue weighted by molar-refractivity contribution is 6.31. The molecule has 4 nitrogen and oxygen atoms in total. The zero-order valence-corrected chi connectivity index (χ0v) is 12.5. The molecule has 0 unspecified atom stereocenters. The molecule has 0 aromatic carbocycles. The first kappa shape index (κ1) is 19.5. The Hall–Kier alpha value is -1.52. The molecule has 23 heavy (non-hydrogen) atoms. The topological polar surface area (TPSA) is 38.1 Å². The lowest BCUT2D eigenvalue weighted by molar-refractivity contribution is -0.345. The molecule has 0 aliphatic heterocycles. The van der Waals surface area contributed by atoms with Crippen molar-refractivity contribution >= 4 is 17.5 Å². The van der Waals surface area contributed by atoms with Crippen LogP contribution in [0.4, 0.5) is 30.7 Å². The Bertz CT molecular complexity index is 585. The number of halogens is 8. The molecule has 0 saturated carbocycles. The number of aromatic nitrogens is 2. The maximum absolute atomic E-state index is 13.3. The summed E-state index contributed by atoms with van der Waals surface area (Å²) in [7, 11) is 0.643. The Morgan fingerprint density at radius 1 is 1.26 bits per heavy atom. The van der Waals surface area contributed by atoms with Crippen LogP contribution in [0.25, 0.3) is 0 Å². The molecule has 1 heterocycles. The van der Waals surface area contributed by atoms with E-state index in [9.17, 15) is 35.5 Å². The third-order valence-corrected chi connectivity index (χ3v) is 3.18. The third-order valence-electron chi connectivity index (χ3n) is 2.86. The summed E-state index contributed by atoms with van der Waals surface area (Å²) in [6, 6.07) is 0. The maximum atomic E-state index is 13.3. The van der Waals surface area contributed by atoms with E-state index >= 15 is 0 Å². The van der Waals surface area contributed by atoms with Crippen molar-refractivity contribution in [1.82, 2.24) is 14.7 Å². The molecule has 0 atom stereocenters. The van der Waals surface area contributed by atoms with Crippen molar-refractivity contribution in [3.63, 3.8) is 0 Å². The molecule has 0 aliphatic carbocycles. The summed E-state index contributed by atoms with van der Waals surface area (Å²) in [5.74, 6) is -15.2. The van der Waals surface area contributed by atoms with Crippen LogP contribution in [0.5, 0.6) is 0 Å². The minimum Gasteiger partial charge on any atom is -0.334 e. The molecule has 1 amide bonds. The molecule has 132 valence electrons. The number of nitrogens with zero attached hydrogens (tertiary/aromatic N) is 3. The third kappa shape index (κ3) is 3.54. The number of rotatable bonds is 5. The fourth-order valence-electron chi connectivity index (χ4n) is 1.55. The van der Waals surface area contributed by atoms with Gasteiger partial charge in [0.2, 0.25) is 0 Å². The molecule has 0 radical (unpaired) electrons. The number of carbonyl (C=O) groups is 1. The minimum absolute atomic E-state index is 0.00780. The first-order valence-corrected chi connectivity index (χ1v) is 6.43. The standard InChI is InChI=1S/C11H11ClF7N3O/c1-3-22-4-6(12)7(20-22)5-21(2)8(23)9(13,14)10(15,16)11(17,18)19/h4H,3,5H2,1-2H3. The lowest BCUT2D eigenvalue weighted by Crippen LogP contribution is -2.59. The largest absolute Gasteiger partial charge is 0.460 e. The van der Waals surface area contributed by atoms with Crippen LogP contribution >= 0.6 is 11.6 Å². The van der Waals surface area contributed by atoms with Crippen molar-refractivity contribution in [3.8, 4) is 0 Å². The molecule has 0 N–H and O–H groups in total. The van der Waals surface area contributed by atoms with Crippen molar-refractivity contribution < 1.29 is 35.5 Å². The monoisotopic (exact) mass is 369 g/mol. The van der Waals surface area contributed by atoms with E-state index in [0.29, 0.717) is 13.6 Å². The average Bonchev–Trinajstić information content (AvgIpc) is 2.76. The molecule has 1 rings (SSSR count). The molecule has 12 heteroatoms. The van der Waals surface area contributed by atoms with E-state index in [4.69, 9.17) is 11.6 Å². The summed E-state index contributed by atoms with van der Waals surface area (Å²) in [4.78, 5) is 11.4. The van der Waals surface area contributed by atoms with Crippen molar-refractivity contribution in [2.24, 2.45) is 0 Å². The van der Waals surface area contributed by atoms with E-state index < -0.39 is 30.5 Å². The van der Waals surface area contributed by atoms with Gasteiger partial charge in [0, 0.05) is 19.8 Å². The van der Waals surface area contributed by atoms with Crippen LogP contribution in [-0.2, 0) is 17.9 Å². The van der Waals surface area contributed by atoms with E-state index in [-0.39, 0.29) is 15.6 Å². The Balaban J connectivity index is 3.01. The first-order chi connectivity index (χ1) is 10.3. The number of hydrogen-bond donors (Lipinski definition) is 0. The summed E-state index contributed by atoms with van der Waals surface area (Å²) < 4.78 is 89.7. The van der Waals surface area contributed by atoms with Gasteiger partial charge in [-0.15, -0.1) is 0 Å². The molecule has 0 bridgehead atoms. The molecule has 1 aromatic rings. The van der Waals surface area contributed by atoms with E-state index in [2.05, 4.69) is 5.10 Å². The normalized spacial score (nSPS) is 13.3. The van der Waals surface area contributed by atoms with Gasteiger partial charge in [0.1, 0.15) is 5.69 Å². The number of alkyl halides is 7. The highest BCUT2D eigenvalue weighted by Crippen LogP contribution is 2.47. The SMILES string of the molecule is CCn1cc(Cl)c(CN(C)C(=O)C(F)(F)C(F)(F)C(F)(F)F)n1. The van der Waals surface area contributed by atoms with Gasteiger partial charge in [0.25, 0.3) is 5.91 Å². The van der Waals surface area contributed by atoms with Gasteiger partial charge < -0.3 is 4.90 Å². The van der Waals surface area contributed by atoms with Crippen LogP contribution in [0, 0.1) is 0 Å². The van der Waals surface area contributed by atoms with Crippen LogP contribution in [0.15, 0.2) is 6.20 Å². The van der Waals surface area contributed by atoms with Gasteiger partial charge in [0.15, 0.2) is 0 Å². The average molecular weight is 370 g/mol. The minimum atomic E-state index is -6.57. The quantitative estimate of drug-likeness (QED) is 0.747. The lowest BCUT2D eigenvalue weighted by atomic mass is 10.1. The summed E-state index contributed by atoms with van der Waals surface area (Å²) in [6.07, 6.45) is -5.29. The number of hydrogen-bond acceptors (Lipinski definition) is 2. The Morgan fingerprint density at radius 3 is 2.17 bits per heavy atom. The predicted molar refractivity (Wildman–Crippen MR) is 65.3 cm³/mol. The van der Waals surface area contributed by atoms with E-state index in [1.807, 2.05) is 0 Å². The summed E-state index contributed by atoms with van der Waals surface area (Å²) in [6.45, 7) is 1.26. The van der Waals surface area contributed by atoms with Crippen molar-refractivity contribution in [1.29, 1.82) is 0 Å². The van der Waals surface area contributed by atoms with Gasteiger partial charge >= 0.3 is 18.0 Å². The van der Waals surface area contributed by atoms with Crippen molar-refractivity contribution in [2.45, 2.75) is 38.0 Å². The summed E-state index contributed by atoms with van der Waals surface area (Å²) in [5.41, 5.74) is -0.115. The second-order valence-corrected chi connectivity index (χ2v) is 4.99. The van der Waals surface area contributed by atoms with Crippen LogP contribution in [0.3, 0.4) is 0 Å². The van der Waals surface area contributed by atoms with Gasteiger partial charge in [-0.2, -0.15) is 35.8 Å². The Kier molecular flexibility index (Phi) is 5.24. The molecule has 0 fully saturated rings. The van der Waals surface area contributed by atoms with Gasteiger partial charge in [-0.1, -0.05) is 11.6 Å². The second kappa shape index (κ2) is 6.17. The van der Waals surface area contributed by atoms with Crippen molar-refractivity contribution in [3.05, 3.63) is 16.9 Å². The van der Waals surface area contributed by atoms with Crippen LogP contribution in [-0.4, -0.2) is 45.7 Å². The van der Waals surface area contributed by atoms with Crippen molar-refractivity contribution in [2.75, 3.05) is 7.05 Å². The first-order valence-electron chi connectivity index (χ1n) is 6.05. The lowest BCUT2D eigenvalue weighted by Gasteiger charge is -2.30. The molecule has 0 saturated heterocycles. The van der Waals surface area contributed by atoms with E-state index in [0.717, 1.165) is 0 Å². The fourth-order valence-corrected chi connectivity index (χ4v) is 1.76. The Labute approximate surface area is 130 Å². The smallest absolute Gasteiger partial charge is 0.334 e. The zero-order chi connectivity index (χ0) is 18.2. The van der Waals surface area contributed by atoms with Crippen LogP contribution < -0.4 is 0 Å². The Morgan fingerprint density at radius 2 is 1.78 bits per heavy atom. The number of amides is 1. The highest BCUT2D eigenvalue weighted by atomic mass is 35.5. The van der Waals surface area contributed by atoms with Gasteiger partial charge in [0.05, 0.1) is 11.6 Å². The molecule has 1 aromatic heterocycles.